The number of amides is 1. The van der Waals surface area contributed by atoms with E-state index in [1.165, 1.54) is 6.07 Å². The Morgan fingerprint density at radius 2 is 1.83 bits per heavy atom. The molecule has 5 nitrogen and oxygen atoms in total. The van der Waals surface area contributed by atoms with Crippen LogP contribution in [0.1, 0.15) is 10.4 Å². The maximum absolute atomic E-state index is 13.1. The number of carbonyl (C=O) groups is 2. The Labute approximate surface area is 137 Å². The number of nitrogens with one attached hydrogen (secondary N) is 1. The number of rotatable bonds is 5. The van der Waals surface area contributed by atoms with E-state index in [2.05, 4.69) is 5.32 Å². The third kappa shape index (κ3) is 4.52. The third-order valence-electron chi connectivity index (χ3n) is 3.14. The predicted octanol–water partition coefficient (Wildman–Crippen LogP) is 2.83. The van der Waals surface area contributed by atoms with E-state index in [-0.39, 0.29) is 5.69 Å². The van der Waals surface area contributed by atoms with Crippen molar-refractivity contribution in [1.82, 2.24) is 0 Å². The van der Waals surface area contributed by atoms with Gasteiger partial charge in [-0.15, -0.1) is 0 Å². The molecule has 2 aromatic carbocycles. The van der Waals surface area contributed by atoms with E-state index in [1.807, 2.05) is 25.1 Å². The van der Waals surface area contributed by atoms with Crippen LogP contribution in [0.25, 0.3) is 0 Å². The summed E-state index contributed by atoms with van der Waals surface area (Å²) in [7, 11) is 3.67. The first-order valence-corrected chi connectivity index (χ1v) is 7.06. The largest absolute Gasteiger partial charge is 0.452 e. The van der Waals surface area contributed by atoms with E-state index < -0.39 is 30.1 Å². The first kappa shape index (κ1) is 17.4. The topological polar surface area (TPSA) is 58.6 Å². The number of anilines is 2. The Hall–Kier alpha value is -2.96. The summed E-state index contributed by atoms with van der Waals surface area (Å²) in [5.41, 5.74) is 1.20. The van der Waals surface area contributed by atoms with Crippen molar-refractivity contribution in [2.24, 2.45) is 0 Å². The van der Waals surface area contributed by atoms with Gasteiger partial charge < -0.3 is 15.0 Å². The van der Waals surface area contributed by atoms with Crippen LogP contribution in [0.5, 0.6) is 0 Å². The molecule has 0 unspecified atom stereocenters. The number of esters is 1. The van der Waals surface area contributed by atoms with Crippen LogP contribution in [-0.4, -0.2) is 32.6 Å². The average Bonchev–Trinajstić information content (AvgIpc) is 2.56. The summed E-state index contributed by atoms with van der Waals surface area (Å²) in [6.45, 7) is -0.538. The molecule has 126 valence electrons. The number of halogens is 2. The average molecular weight is 334 g/mol. The minimum Gasteiger partial charge on any atom is -0.452 e. The van der Waals surface area contributed by atoms with Gasteiger partial charge in [-0.25, -0.2) is 13.6 Å². The number of ether oxygens (including phenoxy) is 1. The molecule has 0 radical (unpaired) electrons. The number of hydrogen-bond acceptors (Lipinski definition) is 4. The molecule has 0 aromatic heterocycles. The highest BCUT2D eigenvalue weighted by Crippen LogP contribution is 2.15. The van der Waals surface area contributed by atoms with Gasteiger partial charge in [0.05, 0.1) is 5.56 Å². The van der Waals surface area contributed by atoms with Crippen LogP contribution in [0.3, 0.4) is 0 Å². The molecule has 0 aliphatic carbocycles. The van der Waals surface area contributed by atoms with Crippen molar-refractivity contribution in [3.63, 3.8) is 0 Å². The van der Waals surface area contributed by atoms with Crippen molar-refractivity contribution in [2.45, 2.75) is 0 Å². The van der Waals surface area contributed by atoms with Crippen LogP contribution in [0.4, 0.5) is 20.2 Å². The van der Waals surface area contributed by atoms with Gasteiger partial charge in [-0.05, 0) is 30.3 Å². The Balaban J connectivity index is 1.92. The lowest BCUT2D eigenvalue weighted by atomic mass is 10.2. The molecule has 0 spiro atoms. The Morgan fingerprint density at radius 3 is 2.50 bits per heavy atom. The van der Waals surface area contributed by atoms with Crippen LogP contribution in [0.15, 0.2) is 42.5 Å². The normalized spacial score (nSPS) is 10.2. The zero-order valence-corrected chi connectivity index (χ0v) is 13.2. The first-order chi connectivity index (χ1) is 11.4. The lowest BCUT2D eigenvalue weighted by molar-refractivity contribution is -0.119. The molecular formula is C17H16F2N2O3. The summed E-state index contributed by atoms with van der Waals surface area (Å²) in [5.74, 6) is -3.40. The summed E-state index contributed by atoms with van der Waals surface area (Å²) in [6, 6.07) is 9.68. The molecule has 0 aliphatic rings. The van der Waals surface area contributed by atoms with E-state index in [9.17, 15) is 18.4 Å². The first-order valence-electron chi connectivity index (χ1n) is 7.06. The Kier molecular flexibility index (Phi) is 5.47. The van der Waals surface area contributed by atoms with E-state index in [1.54, 1.807) is 18.2 Å². The second-order valence-electron chi connectivity index (χ2n) is 5.20. The minimum absolute atomic E-state index is 0.0737. The lowest BCUT2D eigenvalue weighted by Crippen LogP contribution is -2.21. The SMILES string of the molecule is CN(C)c1cccc(C(=O)OCC(=O)Nc2ccc(F)c(F)c2)c1. The molecule has 0 fully saturated rings. The van der Waals surface area contributed by atoms with Gasteiger partial charge in [-0.1, -0.05) is 6.07 Å². The minimum atomic E-state index is -1.08. The summed E-state index contributed by atoms with van der Waals surface area (Å²) >= 11 is 0. The van der Waals surface area contributed by atoms with Gasteiger partial charge in [0.25, 0.3) is 5.91 Å². The van der Waals surface area contributed by atoms with Gasteiger partial charge in [-0.3, -0.25) is 4.79 Å². The van der Waals surface area contributed by atoms with Gasteiger partial charge in [0.2, 0.25) is 0 Å². The van der Waals surface area contributed by atoms with Crippen molar-refractivity contribution < 1.29 is 23.1 Å². The van der Waals surface area contributed by atoms with Crippen LogP contribution < -0.4 is 10.2 Å². The molecule has 7 heteroatoms. The third-order valence-corrected chi connectivity index (χ3v) is 3.14. The Bertz CT molecular complexity index is 763. The number of benzene rings is 2. The monoisotopic (exact) mass is 334 g/mol. The quantitative estimate of drug-likeness (QED) is 0.854. The lowest BCUT2D eigenvalue weighted by Gasteiger charge is -2.13. The number of nitrogens with zero attached hydrogens (tertiary/aromatic N) is 1. The second kappa shape index (κ2) is 7.54. The van der Waals surface area contributed by atoms with Crippen LogP contribution in [0.2, 0.25) is 0 Å². The molecule has 2 rings (SSSR count). The van der Waals surface area contributed by atoms with Crippen molar-refractivity contribution in [3.8, 4) is 0 Å². The van der Waals surface area contributed by atoms with Crippen molar-refractivity contribution in [1.29, 1.82) is 0 Å². The van der Waals surface area contributed by atoms with E-state index in [0.29, 0.717) is 5.56 Å². The number of hydrogen-bond donors (Lipinski definition) is 1. The second-order valence-corrected chi connectivity index (χ2v) is 5.20. The van der Waals surface area contributed by atoms with Crippen LogP contribution in [0, 0.1) is 11.6 Å². The molecule has 0 saturated carbocycles. The maximum atomic E-state index is 13.1. The summed E-state index contributed by atoms with van der Waals surface area (Å²) in [4.78, 5) is 25.5. The molecule has 2 aromatic rings. The van der Waals surface area contributed by atoms with E-state index in [0.717, 1.165) is 17.8 Å². The molecule has 1 N–H and O–H groups in total. The highest BCUT2D eigenvalue weighted by Gasteiger charge is 2.12. The van der Waals surface area contributed by atoms with Gasteiger partial charge in [0.15, 0.2) is 18.2 Å². The van der Waals surface area contributed by atoms with Crippen LogP contribution >= 0.6 is 0 Å². The summed E-state index contributed by atoms with van der Waals surface area (Å²) in [6.07, 6.45) is 0. The van der Waals surface area contributed by atoms with Gasteiger partial charge >= 0.3 is 5.97 Å². The fourth-order valence-electron chi connectivity index (χ4n) is 1.90. The standard InChI is InChI=1S/C17H16F2N2O3/c1-21(2)13-5-3-4-11(8-13)17(23)24-10-16(22)20-12-6-7-14(18)15(19)9-12/h3-9H,10H2,1-2H3,(H,20,22). The fourth-order valence-corrected chi connectivity index (χ4v) is 1.90. The molecule has 0 heterocycles. The smallest absolute Gasteiger partial charge is 0.338 e. The molecule has 0 bridgehead atoms. The predicted molar refractivity (Wildman–Crippen MR) is 86.0 cm³/mol. The highest BCUT2D eigenvalue weighted by molar-refractivity contribution is 5.95. The van der Waals surface area contributed by atoms with Crippen molar-refractivity contribution in [2.75, 3.05) is 30.9 Å². The van der Waals surface area contributed by atoms with Gasteiger partial charge in [0.1, 0.15) is 0 Å². The molecule has 1 amide bonds. The van der Waals surface area contributed by atoms with Gasteiger partial charge in [-0.2, -0.15) is 0 Å². The van der Waals surface area contributed by atoms with Crippen molar-refractivity contribution >= 4 is 23.3 Å². The van der Waals surface area contributed by atoms with Crippen LogP contribution in [-0.2, 0) is 9.53 Å². The highest BCUT2D eigenvalue weighted by atomic mass is 19.2. The zero-order chi connectivity index (χ0) is 17.7. The molecular weight excluding hydrogens is 318 g/mol. The van der Waals surface area contributed by atoms with Crippen molar-refractivity contribution in [3.05, 3.63) is 59.7 Å². The molecule has 0 atom stereocenters. The van der Waals surface area contributed by atoms with Gasteiger partial charge in [0, 0.05) is 31.5 Å². The number of carbonyl (C=O) groups excluding carboxylic acids is 2. The molecule has 0 saturated heterocycles. The fraction of sp³-hybridized carbons (Fsp3) is 0.176. The zero-order valence-electron chi connectivity index (χ0n) is 13.2. The molecule has 24 heavy (non-hydrogen) atoms. The van der Waals surface area contributed by atoms with E-state index >= 15 is 0 Å². The Morgan fingerprint density at radius 1 is 1.08 bits per heavy atom. The molecule has 0 aliphatic heterocycles. The van der Waals surface area contributed by atoms with E-state index in [4.69, 9.17) is 4.74 Å². The maximum Gasteiger partial charge on any atom is 0.338 e. The summed E-state index contributed by atoms with van der Waals surface area (Å²) < 4.78 is 30.8. The summed E-state index contributed by atoms with van der Waals surface area (Å²) in [5, 5.41) is 2.32.